The normalized spacial score (nSPS) is 10.4. The van der Waals surface area contributed by atoms with E-state index < -0.39 is 0 Å². The summed E-state index contributed by atoms with van der Waals surface area (Å²) in [4.78, 5) is 11.2. The molecule has 1 aromatic carbocycles. The second kappa shape index (κ2) is 5.97. The Morgan fingerprint density at radius 3 is 2.71 bits per heavy atom. The Bertz CT molecular complexity index is 303. The van der Waals surface area contributed by atoms with E-state index in [1.807, 2.05) is 43.3 Å². The van der Waals surface area contributed by atoms with Crippen LogP contribution in [-0.4, -0.2) is 5.91 Å². The highest BCUT2D eigenvalue weighted by Gasteiger charge is 1.94. The van der Waals surface area contributed by atoms with Crippen LogP contribution in [0.4, 0.5) is 0 Å². The van der Waals surface area contributed by atoms with Crippen LogP contribution in [0.5, 0.6) is 0 Å². The van der Waals surface area contributed by atoms with E-state index in [-0.39, 0.29) is 5.91 Å². The van der Waals surface area contributed by atoms with Gasteiger partial charge in [-0.05, 0) is 18.1 Å². The summed E-state index contributed by atoms with van der Waals surface area (Å²) in [6.07, 6.45) is 4.31. The lowest BCUT2D eigenvalue weighted by atomic mass is 10.2. The Kier molecular flexibility index (Phi) is 4.48. The molecule has 0 aromatic heterocycles. The minimum Gasteiger partial charge on any atom is -0.348 e. The number of nitrogens with one attached hydrogen (secondary N) is 1. The zero-order valence-electron chi connectivity index (χ0n) is 8.36. The number of hydrogen-bond acceptors (Lipinski definition) is 1. The molecule has 1 amide bonds. The molecule has 0 fully saturated rings. The molecule has 0 radical (unpaired) electrons. The molecule has 0 atom stereocenters. The van der Waals surface area contributed by atoms with Gasteiger partial charge in [0.05, 0.1) is 0 Å². The number of carbonyl (C=O) groups is 1. The lowest BCUT2D eigenvalue weighted by molar-refractivity contribution is -0.116. The largest absolute Gasteiger partial charge is 0.348 e. The quantitative estimate of drug-likeness (QED) is 0.723. The molecule has 0 aliphatic carbocycles. The van der Waals surface area contributed by atoms with Crippen LogP contribution in [0.15, 0.2) is 42.5 Å². The fourth-order valence-electron chi connectivity index (χ4n) is 1.07. The first-order chi connectivity index (χ1) is 6.83. The van der Waals surface area contributed by atoms with Crippen molar-refractivity contribution in [3.05, 3.63) is 48.0 Å². The highest BCUT2D eigenvalue weighted by molar-refractivity contribution is 5.87. The minimum absolute atomic E-state index is 0.0318. The highest BCUT2D eigenvalue weighted by Crippen LogP contribution is 1.96. The molecule has 1 aromatic rings. The van der Waals surface area contributed by atoms with Crippen LogP contribution in [0.2, 0.25) is 0 Å². The van der Waals surface area contributed by atoms with Crippen LogP contribution in [0, 0.1) is 0 Å². The number of carbonyl (C=O) groups excluding carboxylic acids is 1. The number of rotatable bonds is 4. The summed E-state index contributed by atoms with van der Waals surface area (Å²) in [6, 6.07) is 9.86. The van der Waals surface area contributed by atoms with E-state index in [4.69, 9.17) is 0 Å². The van der Waals surface area contributed by atoms with E-state index in [0.717, 1.165) is 12.0 Å². The van der Waals surface area contributed by atoms with Gasteiger partial charge in [0, 0.05) is 6.54 Å². The predicted molar refractivity (Wildman–Crippen MR) is 57.7 cm³/mol. The maximum absolute atomic E-state index is 11.2. The van der Waals surface area contributed by atoms with Gasteiger partial charge in [-0.2, -0.15) is 0 Å². The summed E-state index contributed by atoms with van der Waals surface area (Å²) in [6.45, 7) is 2.59. The molecule has 0 saturated heterocycles. The van der Waals surface area contributed by atoms with Gasteiger partial charge in [-0.15, -0.1) is 0 Å². The van der Waals surface area contributed by atoms with Crippen molar-refractivity contribution in [2.45, 2.75) is 19.9 Å². The van der Waals surface area contributed by atoms with E-state index >= 15 is 0 Å². The summed E-state index contributed by atoms with van der Waals surface area (Å²) in [5.74, 6) is -0.0318. The molecule has 1 N–H and O–H groups in total. The Labute approximate surface area is 84.6 Å². The van der Waals surface area contributed by atoms with Crippen molar-refractivity contribution in [2.24, 2.45) is 0 Å². The van der Waals surface area contributed by atoms with Gasteiger partial charge < -0.3 is 5.32 Å². The molecule has 0 spiro atoms. The van der Waals surface area contributed by atoms with Crippen LogP contribution in [-0.2, 0) is 11.3 Å². The third kappa shape index (κ3) is 3.90. The average molecular weight is 189 g/mol. The van der Waals surface area contributed by atoms with Crippen molar-refractivity contribution < 1.29 is 4.79 Å². The van der Waals surface area contributed by atoms with E-state index in [9.17, 15) is 4.79 Å². The fourth-order valence-corrected chi connectivity index (χ4v) is 1.07. The average Bonchev–Trinajstić information content (AvgIpc) is 2.25. The van der Waals surface area contributed by atoms with Gasteiger partial charge in [0.25, 0.3) is 0 Å². The standard InChI is InChI=1S/C12H15NO/c1-2-3-9-12(14)13-10-11-7-5-4-6-8-11/h3-9H,2,10H2,1H3,(H,13,14)/b9-3-. The van der Waals surface area contributed by atoms with Gasteiger partial charge in [0.2, 0.25) is 5.91 Å². The predicted octanol–water partition coefficient (Wildman–Crippen LogP) is 2.27. The minimum atomic E-state index is -0.0318. The molecule has 0 saturated carbocycles. The Morgan fingerprint density at radius 2 is 2.07 bits per heavy atom. The molecule has 14 heavy (non-hydrogen) atoms. The van der Waals surface area contributed by atoms with Gasteiger partial charge in [0.15, 0.2) is 0 Å². The zero-order chi connectivity index (χ0) is 10.2. The van der Waals surface area contributed by atoms with Crippen molar-refractivity contribution in [2.75, 3.05) is 0 Å². The third-order valence-corrected chi connectivity index (χ3v) is 1.81. The summed E-state index contributed by atoms with van der Waals surface area (Å²) >= 11 is 0. The second-order valence-electron chi connectivity index (χ2n) is 3.01. The van der Waals surface area contributed by atoms with Crippen molar-refractivity contribution in [1.29, 1.82) is 0 Å². The van der Waals surface area contributed by atoms with Gasteiger partial charge in [-0.25, -0.2) is 0 Å². The van der Waals surface area contributed by atoms with E-state index in [0.29, 0.717) is 6.54 Å². The molecule has 2 nitrogen and oxygen atoms in total. The molecule has 0 unspecified atom stereocenters. The maximum Gasteiger partial charge on any atom is 0.243 e. The van der Waals surface area contributed by atoms with Crippen molar-refractivity contribution in [1.82, 2.24) is 5.32 Å². The first-order valence-electron chi connectivity index (χ1n) is 4.81. The molecule has 0 bridgehead atoms. The highest BCUT2D eigenvalue weighted by atomic mass is 16.1. The Hall–Kier alpha value is -1.57. The summed E-state index contributed by atoms with van der Waals surface area (Å²) in [5, 5.41) is 2.81. The molecule has 74 valence electrons. The monoisotopic (exact) mass is 189 g/mol. The van der Waals surface area contributed by atoms with Crippen LogP contribution < -0.4 is 5.32 Å². The first-order valence-corrected chi connectivity index (χ1v) is 4.81. The smallest absolute Gasteiger partial charge is 0.243 e. The lowest BCUT2D eigenvalue weighted by Crippen LogP contribution is -2.20. The summed E-state index contributed by atoms with van der Waals surface area (Å²) < 4.78 is 0. The Morgan fingerprint density at radius 1 is 1.36 bits per heavy atom. The number of benzene rings is 1. The summed E-state index contributed by atoms with van der Waals surface area (Å²) in [7, 11) is 0. The van der Waals surface area contributed by atoms with Crippen LogP contribution >= 0.6 is 0 Å². The number of hydrogen-bond donors (Lipinski definition) is 1. The molecule has 1 rings (SSSR count). The zero-order valence-corrected chi connectivity index (χ0v) is 8.36. The number of amides is 1. The SMILES string of the molecule is CC/C=C\C(=O)NCc1ccccc1. The van der Waals surface area contributed by atoms with E-state index in [2.05, 4.69) is 5.32 Å². The van der Waals surface area contributed by atoms with E-state index in [1.165, 1.54) is 0 Å². The van der Waals surface area contributed by atoms with Crippen LogP contribution in [0.1, 0.15) is 18.9 Å². The number of allylic oxidation sites excluding steroid dienone is 1. The van der Waals surface area contributed by atoms with Gasteiger partial charge in [-0.1, -0.05) is 43.3 Å². The molecular weight excluding hydrogens is 174 g/mol. The molecular formula is C12H15NO. The maximum atomic E-state index is 11.2. The van der Waals surface area contributed by atoms with Crippen molar-refractivity contribution in [3.8, 4) is 0 Å². The first kappa shape index (κ1) is 10.5. The third-order valence-electron chi connectivity index (χ3n) is 1.81. The Balaban J connectivity index is 2.34. The molecule has 0 aliphatic heterocycles. The summed E-state index contributed by atoms with van der Waals surface area (Å²) in [5.41, 5.74) is 1.12. The van der Waals surface area contributed by atoms with Crippen LogP contribution in [0.3, 0.4) is 0 Å². The fraction of sp³-hybridized carbons (Fsp3) is 0.250. The van der Waals surface area contributed by atoms with Crippen LogP contribution in [0.25, 0.3) is 0 Å². The van der Waals surface area contributed by atoms with Gasteiger partial charge in [-0.3, -0.25) is 4.79 Å². The van der Waals surface area contributed by atoms with E-state index in [1.54, 1.807) is 6.08 Å². The van der Waals surface area contributed by atoms with Crippen molar-refractivity contribution >= 4 is 5.91 Å². The van der Waals surface area contributed by atoms with Gasteiger partial charge >= 0.3 is 0 Å². The topological polar surface area (TPSA) is 29.1 Å². The van der Waals surface area contributed by atoms with Gasteiger partial charge in [0.1, 0.15) is 0 Å². The molecule has 0 aliphatic rings. The molecule has 0 heterocycles. The molecule has 2 heteroatoms. The lowest BCUT2D eigenvalue weighted by Gasteiger charge is -2.01. The van der Waals surface area contributed by atoms with Crippen molar-refractivity contribution in [3.63, 3.8) is 0 Å². The second-order valence-corrected chi connectivity index (χ2v) is 3.01.